The van der Waals surface area contributed by atoms with E-state index in [4.69, 9.17) is 40.6 Å². The minimum atomic E-state index is -1.06. The molecule has 314 valence electrons. The van der Waals surface area contributed by atoms with Crippen molar-refractivity contribution in [2.24, 2.45) is 29.2 Å². The van der Waals surface area contributed by atoms with Crippen molar-refractivity contribution in [2.75, 3.05) is 32.6 Å². The number of amides is 3. The summed E-state index contributed by atoms with van der Waals surface area (Å²) >= 11 is 0. The molecule has 2 atom stereocenters. The Hall–Kier alpha value is -6.66. The van der Waals surface area contributed by atoms with Gasteiger partial charge in [0, 0.05) is 40.0 Å². The third-order valence-corrected chi connectivity index (χ3v) is 9.12. The Balaban J connectivity index is 1.58. The molecule has 2 aromatic carbocycles. The predicted octanol–water partition coefficient (Wildman–Crippen LogP) is 3.97. The number of amidine groups is 1. The maximum absolute atomic E-state index is 14.0. The summed E-state index contributed by atoms with van der Waals surface area (Å²) < 4.78 is 25.5. The van der Waals surface area contributed by atoms with Gasteiger partial charge in [0.15, 0.2) is 5.69 Å². The minimum absolute atomic E-state index is 0.0353. The molecule has 3 amide bonds. The van der Waals surface area contributed by atoms with Crippen molar-refractivity contribution in [2.45, 2.75) is 52.6 Å². The normalized spacial score (nSPS) is 13.0. The van der Waals surface area contributed by atoms with Crippen LogP contribution in [-0.4, -0.2) is 86.0 Å². The van der Waals surface area contributed by atoms with Crippen molar-refractivity contribution in [1.82, 2.24) is 15.6 Å². The quantitative estimate of drug-likeness (QED) is 0.0459. The first-order valence-corrected chi connectivity index (χ1v) is 18.6. The van der Waals surface area contributed by atoms with Crippen LogP contribution in [0, 0.1) is 23.2 Å². The molecule has 8 N–H and O–H groups in total. The topological polar surface area (TPSA) is 273 Å². The van der Waals surface area contributed by atoms with Gasteiger partial charge in [-0.3, -0.25) is 29.9 Å². The Bertz CT molecular complexity index is 2080. The van der Waals surface area contributed by atoms with Crippen LogP contribution in [0.4, 0.5) is 10.5 Å². The van der Waals surface area contributed by atoms with Gasteiger partial charge in [0.25, 0.3) is 11.8 Å². The number of carbonyl (C=O) groups is 6. The number of carbonyl (C=O) groups excluding carboxylic acids is 6. The fraction of sp³-hybridized carbons (Fsp3) is 0.366. The maximum atomic E-state index is 14.0. The van der Waals surface area contributed by atoms with E-state index in [1.54, 1.807) is 27.7 Å². The van der Waals surface area contributed by atoms with Crippen molar-refractivity contribution in [1.29, 1.82) is 5.41 Å². The molecular weight excluding hydrogens is 766 g/mol. The number of esters is 3. The van der Waals surface area contributed by atoms with Crippen molar-refractivity contribution < 1.29 is 52.5 Å². The predicted molar refractivity (Wildman–Crippen MR) is 215 cm³/mol. The van der Waals surface area contributed by atoms with Gasteiger partial charge in [-0.2, -0.15) is 0 Å². The van der Waals surface area contributed by atoms with E-state index in [0.29, 0.717) is 23.8 Å². The minimum Gasteiger partial charge on any atom is -0.496 e. The molecule has 0 spiro atoms. The van der Waals surface area contributed by atoms with Crippen molar-refractivity contribution in [3.63, 3.8) is 0 Å². The standard InChI is InChI=1S/C41H49N7O11/c1-7-24-16-29(36(49)46-26-12-10-25(11-13-26)35(44)48-41(54)59-20-57-39(52)33(43)22(4)5)28(17-31(24)55-6)27-14-15-30(37(50)45-18-23-8-9-23)47-34(27)40(53)58-19-56-38(51)32(42)21(2)3/h7,10-17,21-23,32-33H,1,8-9,18-20,42-43H2,2-6H3,(H,45,50)(H,46,49)(H2,44,48,54)/t32-,33?/m0/s1. The monoisotopic (exact) mass is 815 g/mol. The van der Waals surface area contributed by atoms with Crippen LogP contribution in [0.2, 0.25) is 0 Å². The van der Waals surface area contributed by atoms with E-state index in [-0.39, 0.29) is 57.0 Å². The van der Waals surface area contributed by atoms with Gasteiger partial charge in [0.1, 0.15) is 29.4 Å². The van der Waals surface area contributed by atoms with Crippen LogP contribution in [0.3, 0.4) is 0 Å². The molecule has 1 unspecified atom stereocenters. The summed E-state index contributed by atoms with van der Waals surface area (Å²) in [4.78, 5) is 81.5. The first-order valence-electron chi connectivity index (χ1n) is 18.6. The van der Waals surface area contributed by atoms with E-state index >= 15 is 0 Å². The zero-order chi connectivity index (χ0) is 43.4. The van der Waals surface area contributed by atoms with E-state index < -0.39 is 61.5 Å². The number of methoxy groups -OCH3 is 1. The number of aromatic nitrogens is 1. The van der Waals surface area contributed by atoms with Crippen LogP contribution < -0.4 is 32.2 Å². The molecule has 1 saturated carbocycles. The van der Waals surface area contributed by atoms with Crippen LogP contribution in [0.15, 0.2) is 55.1 Å². The Kier molecular flexibility index (Phi) is 15.8. The Morgan fingerprint density at radius 2 is 1.46 bits per heavy atom. The Labute approximate surface area is 340 Å². The molecule has 0 saturated heterocycles. The second kappa shape index (κ2) is 20.7. The van der Waals surface area contributed by atoms with Crippen LogP contribution >= 0.6 is 0 Å². The van der Waals surface area contributed by atoms with Crippen molar-refractivity contribution in [3.05, 3.63) is 83.2 Å². The second-order valence-corrected chi connectivity index (χ2v) is 14.2. The smallest absolute Gasteiger partial charge is 0.415 e. The third kappa shape index (κ3) is 12.4. The zero-order valence-electron chi connectivity index (χ0n) is 33.4. The van der Waals surface area contributed by atoms with E-state index in [2.05, 4.69) is 27.5 Å². The van der Waals surface area contributed by atoms with Gasteiger partial charge in [-0.15, -0.1) is 0 Å². The molecule has 1 aromatic heterocycles. The number of pyridine rings is 1. The number of ether oxygens (including phenoxy) is 5. The molecule has 0 bridgehead atoms. The van der Waals surface area contributed by atoms with Gasteiger partial charge in [-0.05, 0) is 79.1 Å². The molecular formula is C41H49N7O11. The molecule has 1 aliphatic rings. The average molecular weight is 816 g/mol. The van der Waals surface area contributed by atoms with E-state index in [1.165, 1.54) is 61.7 Å². The fourth-order valence-electron chi connectivity index (χ4n) is 5.17. The highest BCUT2D eigenvalue weighted by Crippen LogP contribution is 2.35. The number of hydrogen-bond donors (Lipinski definition) is 6. The van der Waals surface area contributed by atoms with Gasteiger partial charge in [-0.1, -0.05) is 40.3 Å². The molecule has 0 aliphatic heterocycles. The fourth-order valence-corrected chi connectivity index (χ4v) is 5.17. The second-order valence-electron chi connectivity index (χ2n) is 14.2. The highest BCUT2D eigenvalue weighted by Gasteiger charge is 2.27. The molecule has 1 fully saturated rings. The number of benzene rings is 2. The molecule has 0 radical (unpaired) electrons. The molecule has 3 aromatic rings. The lowest BCUT2D eigenvalue weighted by Gasteiger charge is -2.18. The highest BCUT2D eigenvalue weighted by molar-refractivity contribution is 6.11. The van der Waals surface area contributed by atoms with Crippen LogP contribution in [-0.2, 0) is 28.5 Å². The summed E-state index contributed by atoms with van der Waals surface area (Å²) in [5.41, 5.74) is 12.3. The summed E-state index contributed by atoms with van der Waals surface area (Å²) in [6.45, 7) is 9.68. The SMILES string of the molecule is C=Cc1cc(C(=O)Nc2ccc(C(=N)NC(=O)OCOC(=O)C(N)C(C)C)cc2)c(-c2ccc(C(=O)NCC3CC3)nc2C(=O)OCOC(=O)[C@@H](N)C(C)C)cc1OC. The van der Waals surface area contributed by atoms with Gasteiger partial charge < -0.3 is 45.8 Å². The lowest BCUT2D eigenvalue weighted by atomic mass is 9.94. The summed E-state index contributed by atoms with van der Waals surface area (Å²) in [7, 11) is 1.41. The number of nitrogens with two attached hydrogens (primary N) is 2. The number of anilines is 1. The van der Waals surface area contributed by atoms with E-state index in [0.717, 1.165) is 12.8 Å². The lowest BCUT2D eigenvalue weighted by Crippen LogP contribution is -2.38. The summed E-state index contributed by atoms with van der Waals surface area (Å²) in [6, 6.07) is 9.86. The number of nitrogens with zero attached hydrogens (tertiary/aromatic N) is 1. The molecule has 18 nitrogen and oxygen atoms in total. The Morgan fingerprint density at radius 1 is 0.847 bits per heavy atom. The van der Waals surface area contributed by atoms with Gasteiger partial charge in [-0.25, -0.2) is 14.6 Å². The number of nitrogens with one attached hydrogen (secondary N) is 4. The van der Waals surface area contributed by atoms with Crippen LogP contribution in [0.25, 0.3) is 17.2 Å². The van der Waals surface area contributed by atoms with Gasteiger partial charge in [0.2, 0.25) is 13.6 Å². The van der Waals surface area contributed by atoms with Crippen LogP contribution in [0.1, 0.15) is 83.0 Å². The zero-order valence-corrected chi connectivity index (χ0v) is 33.4. The summed E-state index contributed by atoms with van der Waals surface area (Å²) in [5, 5.41) is 16.0. The molecule has 4 rings (SSSR count). The van der Waals surface area contributed by atoms with Crippen molar-refractivity contribution in [3.8, 4) is 16.9 Å². The highest BCUT2D eigenvalue weighted by atomic mass is 16.7. The molecule has 59 heavy (non-hydrogen) atoms. The number of alkyl carbamates (subject to hydrolysis) is 1. The summed E-state index contributed by atoms with van der Waals surface area (Å²) in [6.07, 6.45) is 2.41. The average Bonchev–Trinajstić information content (AvgIpc) is 4.06. The maximum Gasteiger partial charge on any atom is 0.415 e. The number of hydrogen-bond acceptors (Lipinski definition) is 15. The van der Waals surface area contributed by atoms with Crippen LogP contribution in [0.5, 0.6) is 5.75 Å². The largest absolute Gasteiger partial charge is 0.496 e. The van der Waals surface area contributed by atoms with Crippen molar-refractivity contribution >= 4 is 53.4 Å². The van der Waals surface area contributed by atoms with Gasteiger partial charge >= 0.3 is 24.0 Å². The van der Waals surface area contributed by atoms with E-state index in [1.807, 2.05) is 0 Å². The first-order chi connectivity index (χ1) is 28.0. The number of rotatable bonds is 18. The third-order valence-electron chi connectivity index (χ3n) is 9.12. The molecule has 1 heterocycles. The van der Waals surface area contributed by atoms with Gasteiger partial charge in [0.05, 0.1) is 7.11 Å². The first kappa shape index (κ1) is 45.0. The Morgan fingerprint density at radius 3 is 2.02 bits per heavy atom. The summed E-state index contributed by atoms with van der Waals surface area (Å²) in [5.74, 6) is -3.88. The lowest BCUT2D eigenvalue weighted by molar-refractivity contribution is -0.155. The van der Waals surface area contributed by atoms with E-state index in [9.17, 15) is 28.8 Å². The molecule has 1 aliphatic carbocycles. The molecule has 18 heteroatoms.